The second kappa shape index (κ2) is 8.47. The first-order valence-electron chi connectivity index (χ1n) is 8.38. The number of rotatable bonds is 6. The van der Waals surface area contributed by atoms with E-state index < -0.39 is 0 Å². The summed E-state index contributed by atoms with van der Waals surface area (Å²) in [6.07, 6.45) is 1.60. The molecule has 0 atom stereocenters. The van der Waals surface area contributed by atoms with Gasteiger partial charge >= 0.3 is 0 Å². The molecule has 6 heteroatoms. The van der Waals surface area contributed by atoms with Gasteiger partial charge in [0.1, 0.15) is 5.69 Å². The molecule has 0 bridgehead atoms. The average molecular weight is 380 g/mol. The van der Waals surface area contributed by atoms with Crippen LogP contribution in [0.2, 0.25) is 5.02 Å². The predicted octanol–water partition coefficient (Wildman–Crippen LogP) is 4.80. The number of Topliss-reactive ketones (excluding diaryl/α,β-unsaturated/α-hetero) is 1. The van der Waals surface area contributed by atoms with Crippen LogP contribution in [-0.4, -0.2) is 16.7 Å². The van der Waals surface area contributed by atoms with Crippen LogP contribution < -0.4 is 10.6 Å². The maximum absolute atomic E-state index is 12.3. The van der Waals surface area contributed by atoms with Gasteiger partial charge < -0.3 is 10.6 Å². The molecule has 3 aromatic rings. The number of nitrogens with one attached hydrogen (secondary N) is 2. The van der Waals surface area contributed by atoms with E-state index in [0.717, 1.165) is 11.3 Å². The van der Waals surface area contributed by atoms with Gasteiger partial charge in [0.2, 0.25) is 0 Å². The van der Waals surface area contributed by atoms with Crippen molar-refractivity contribution in [1.82, 2.24) is 4.98 Å². The van der Waals surface area contributed by atoms with Crippen LogP contribution in [0.15, 0.2) is 66.9 Å². The molecule has 0 aliphatic rings. The van der Waals surface area contributed by atoms with Crippen molar-refractivity contribution in [2.75, 3.05) is 10.6 Å². The monoisotopic (exact) mass is 379 g/mol. The number of amides is 1. The molecule has 136 valence electrons. The quantitative estimate of drug-likeness (QED) is 0.603. The van der Waals surface area contributed by atoms with E-state index in [1.807, 2.05) is 24.3 Å². The highest BCUT2D eigenvalue weighted by Crippen LogP contribution is 2.17. The van der Waals surface area contributed by atoms with Crippen LogP contribution in [0, 0.1) is 0 Å². The minimum Gasteiger partial charge on any atom is -0.380 e. The lowest BCUT2D eigenvalue weighted by molar-refractivity contribution is 0.101. The van der Waals surface area contributed by atoms with Gasteiger partial charge in [0, 0.05) is 22.8 Å². The Bertz CT molecular complexity index is 954. The Balaban J connectivity index is 1.60. The lowest BCUT2D eigenvalue weighted by atomic mass is 10.1. The van der Waals surface area contributed by atoms with E-state index in [1.165, 1.54) is 6.92 Å². The number of hydrogen-bond donors (Lipinski definition) is 2. The van der Waals surface area contributed by atoms with Crippen molar-refractivity contribution in [3.05, 3.63) is 88.7 Å². The SMILES string of the molecule is CC(=O)c1ccc(NC(=O)c2ccc(NCc3ccccc3Cl)cn2)cc1. The lowest BCUT2D eigenvalue weighted by Gasteiger charge is -2.09. The summed E-state index contributed by atoms with van der Waals surface area (Å²) in [7, 11) is 0. The topological polar surface area (TPSA) is 71.1 Å². The number of nitrogens with zero attached hydrogens (tertiary/aromatic N) is 1. The Labute approximate surface area is 162 Å². The van der Waals surface area contributed by atoms with Crippen LogP contribution in [0.3, 0.4) is 0 Å². The van der Waals surface area contributed by atoms with Crippen molar-refractivity contribution in [3.63, 3.8) is 0 Å². The molecule has 1 heterocycles. The van der Waals surface area contributed by atoms with E-state index in [9.17, 15) is 9.59 Å². The van der Waals surface area contributed by atoms with Gasteiger partial charge in [-0.2, -0.15) is 0 Å². The lowest BCUT2D eigenvalue weighted by Crippen LogP contribution is -2.13. The van der Waals surface area contributed by atoms with Gasteiger partial charge in [-0.05, 0) is 55.0 Å². The number of pyridine rings is 1. The first-order chi connectivity index (χ1) is 13.0. The van der Waals surface area contributed by atoms with E-state index in [4.69, 9.17) is 11.6 Å². The van der Waals surface area contributed by atoms with E-state index >= 15 is 0 Å². The molecule has 3 rings (SSSR count). The van der Waals surface area contributed by atoms with Gasteiger partial charge in [0.25, 0.3) is 5.91 Å². The van der Waals surface area contributed by atoms with Crippen molar-refractivity contribution in [2.45, 2.75) is 13.5 Å². The number of carbonyl (C=O) groups excluding carboxylic acids is 2. The Hall–Kier alpha value is -3.18. The highest BCUT2D eigenvalue weighted by atomic mass is 35.5. The third-order valence-electron chi connectivity index (χ3n) is 3.99. The second-order valence-corrected chi connectivity index (χ2v) is 6.37. The number of anilines is 2. The zero-order chi connectivity index (χ0) is 19.2. The molecule has 0 saturated heterocycles. The molecule has 2 N–H and O–H groups in total. The summed E-state index contributed by atoms with van der Waals surface area (Å²) in [5, 5.41) is 6.68. The predicted molar refractivity (Wildman–Crippen MR) is 107 cm³/mol. The molecule has 0 aliphatic carbocycles. The molecule has 5 nitrogen and oxygen atoms in total. The van der Waals surface area contributed by atoms with Crippen LogP contribution in [-0.2, 0) is 6.54 Å². The van der Waals surface area contributed by atoms with Crippen molar-refractivity contribution in [3.8, 4) is 0 Å². The Morgan fingerprint density at radius 1 is 0.963 bits per heavy atom. The summed E-state index contributed by atoms with van der Waals surface area (Å²) in [6.45, 7) is 2.06. The molecule has 1 aromatic heterocycles. The van der Waals surface area contributed by atoms with Gasteiger partial charge in [-0.15, -0.1) is 0 Å². The minimum atomic E-state index is -0.316. The number of carbonyl (C=O) groups is 2. The van der Waals surface area contributed by atoms with Crippen LogP contribution in [0.25, 0.3) is 0 Å². The fourth-order valence-electron chi connectivity index (χ4n) is 2.46. The summed E-state index contributed by atoms with van der Waals surface area (Å²) >= 11 is 6.13. The highest BCUT2D eigenvalue weighted by Gasteiger charge is 2.08. The number of ketones is 1. The van der Waals surface area contributed by atoms with Crippen molar-refractivity contribution < 1.29 is 9.59 Å². The van der Waals surface area contributed by atoms with E-state index in [2.05, 4.69) is 15.6 Å². The molecular weight excluding hydrogens is 362 g/mol. The molecule has 2 aromatic carbocycles. The minimum absolute atomic E-state index is 0.0191. The second-order valence-electron chi connectivity index (χ2n) is 5.96. The first kappa shape index (κ1) is 18.6. The zero-order valence-electron chi connectivity index (χ0n) is 14.7. The Morgan fingerprint density at radius 3 is 2.30 bits per heavy atom. The van der Waals surface area contributed by atoms with E-state index in [1.54, 1.807) is 42.6 Å². The summed E-state index contributed by atoms with van der Waals surface area (Å²) in [4.78, 5) is 27.8. The van der Waals surface area contributed by atoms with Crippen LogP contribution in [0.5, 0.6) is 0 Å². The number of hydrogen-bond acceptors (Lipinski definition) is 4. The standard InChI is InChI=1S/C21H18ClN3O2/c1-14(26)15-6-8-17(9-7-15)25-21(27)20-11-10-18(13-24-20)23-12-16-4-2-3-5-19(16)22/h2-11,13,23H,12H2,1H3,(H,25,27). The molecule has 0 aliphatic heterocycles. The zero-order valence-corrected chi connectivity index (χ0v) is 15.5. The molecular formula is C21H18ClN3O2. The van der Waals surface area contributed by atoms with Gasteiger partial charge in [0.05, 0.1) is 11.9 Å². The maximum Gasteiger partial charge on any atom is 0.274 e. The normalized spacial score (nSPS) is 10.3. The largest absolute Gasteiger partial charge is 0.380 e. The fraction of sp³-hybridized carbons (Fsp3) is 0.0952. The molecule has 0 fully saturated rings. The van der Waals surface area contributed by atoms with Gasteiger partial charge in [0.15, 0.2) is 5.78 Å². The Kier molecular flexibility index (Phi) is 5.84. The molecule has 27 heavy (non-hydrogen) atoms. The van der Waals surface area contributed by atoms with Crippen molar-refractivity contribution in [1.29, 1.82) is 0 Å². The smallest absolute Gasteiger partial charge is 0.274 e. The summed E-state index contributed by atoms with van der Waals surface area (Å²) in [6, 6.07) is 17.8. The van der Waals surface area contributed by atoms with Crippen LogP contribution >= 0.6 is 11.6 Å². The van der Waals surface area contributed by atoms with Gasteiger partial charge in [-0.3, -0.25) is 9.59 Å². The van der Waals surface area contributed by atoms with Crippen molar-refractivity contribution >= 4 is 34.7 Å². The van der Waals surface area contributed by atoms with Gasteiger partial charge in [-0.25, -0.2) is 4.98 Å². The summed E-state index contributed by atoms with van der Waals surface area (Å²) in [5.74, 6) is -0.336. The summed E-state index contributed by atoms with van der Waals surface area (Å²) in [5.41, 5.74) is 3.27. The number of halogens is 1. The highest BCUT2D eigenvalue weighted by molar-refractivity contribution is 6.31. The maximum atomic E-state index is 12.3. The van der Waals surface area contributed by atoms with E-state index in [-0.39, 0.29) is 11.7 Å². The molecule has 0 unspecified atom stereocenters. The summed E-state index contributed by atoms with van der Waals surface area (Å²) < 4.78 is 0. The fourth-order valence-corrected chi connectivity index (χ4v) is 2.66. The third kappa shape index (κ3) is 4.92. The molecule has 0 radical (unpaired) electrons. The van der Waals surface area contributed by atoms with Crippen LogP contribution in [0.4, 0.5) is 11.4 Å². The van der Waals surface area contributed by atoms with Gasteiger partial charge in [-0.1, -0.05) is 29.8 Å². The average Bonchev–Trinajstić information content (AvgIpc) is 2.68. The molecule has 1 amide bonds. The van der Waals surface area contributed by atoms with E-state index in [0.29, 0.717) is 28.5 Å². The number of benzene rings is 2. The third-order valence-corrected chi connectivity index (χ3v) is 4.35. The first-order valence-corrected chi connectivity index (χ1v) is 8.76. The Morgan fingerprint density at radius 2 is 1.67 bits per heavy atom. The van der Waals surface area contributed by atoms with Crippen LogP contribution in [0.1, 0.15) is 33.3 Å². The molecule has 0 spiro atoms. The van der Waals surface area contributed by atoms with Crippen molar-refractivity contribution in [2.24, 2.45) is 0 Å². The molecule has 0 saturated carbocycles. The number of aromatic nitrogens is 1.